The van der Waals surface area contributed by atoms with Gasteiger partial charge in [-0.1, -0.05) is 12.1 Å². The summed E-state index contributed by atoms with van der Waals surface area (Å²) in [6.07, 6.45) is 1.57. The highest BCUT2D eigenvalue weighted by Crippen LogP contribution is 2.24. The first kappa shape index (κ1) is 13.4. The molecule has 0 fully saturated rings. The molecule has 1 aromatic carbocycles. The zero-order valence-corrected chi connectivity index (χ0v) is 12.1. The summed E-state index contributed by atoms with van der Waals surface area (Å²) in [6, 6.07) is 10.8. The third-order valence-electron chi connectivity index (χ3n) is 2.74. The van der Waals surface area contributed by atoms with Crippen LogP contribution < -0.4 is 0 Å². The van der Waals surface area contributed by atoms with E-state index >= 15 is 0 Å². The lowest BCUT2D eigenvalue weighted by molar-refractivity contribution is 0.0529. The van der Waals surface area contributed by atoms with Crippen LogP contribution in [0.4, 0.5) is 4.39 Å². The molecule has 2 rings (SSSR count). The van der Waals surface area contributed by atoms with E-state index in [1.807, 2.05) is 24.3 Å². The number of nitrogens with zero attached hydrogens (tertiary/aromatic N) is 1. The summed E-state index contributed by atoms with van der Waals surface area (Å²) in [4.78, 5) is 3.94. The van der Waals surface area contributed by atoms with E-state index < -0.39 is 11.4 Å². The number of benzene rings is 1. The van der Waals surface area contributed by atoms with E-state index in [-0.39, 0.29) is 0 Å². The number of hydrogen-bond donors (Lipinski definition) is 1. The van der Waals surface area contributed by atoms with Crippen LogP contribution in [-0.2, 0) is 12.0 Å². The summed E-state index contributed by atoms with van der Waals surface area (Å²) in [5, 5.41) is 10.4. The molecule has 0 saturated heterocycles. The van der Waals surface area contributed by atoms with Crippen molar-refractivity contribution in [2.45, 2.75) is 18.9 Å². The van der Waals surface area contributed by atoms with Crippen LogP contribution in [0.1, 0.15) is 18.2 Å². The second-order valence-corrected chi connectivity index (χ2v) is 5.68. The SMILES string of the molecule is CC(O)(Cc1ccc(I)cc1)c1ccc(F)cn1. The maximum atomic E-state index is 12.8. The molecule has 1 unspecified atom stereocenters. The Balaban J connectivity index is 2.20. The first-order chi connectivity index (χ1) is 8.47. The van der Waals surface area contributed by atoms with Gasteiger partial charge in [-0.05, 0) is 59.3 Å². The molecular formula is C14H13FINO. The van der Waals surface area contributed by atoms with Gasteiger partial charge in [0.15, 0.2) is 0 Å². The van der Waals surface area contributed by atoms with E-state index in [2.05, 4.69) is 27.6 Å². The zero-order valence-electron chi connectivity index (χ0n) is 9.90. The van der Waals surface area contributed by atoms with Gasteiger partial charge in [-0.3, -0.25) is 4.98 Å². The topological polar surface area (TPSA) is 33.1 Å². The Morgan fingerprint density at radius 2 is 1.89 bits per heavy atom. The molecule has 0 amide bonds. The first-order valence-electron chi connectivity index (χ1n) is 5.56. The fourth-order valence-corrected chi connectivity index (χ4v) is 2.14. The molecule has 1 heterocycles. The van der Waals surface area contributed by atoms with Crippen molar-refractivity contribution in [2.24, 2.45) is 0 Å². The standard InChI is InChI=1S/C14H13FINO/c1-14(18,13-7-4-11(15)9-17-13)8-10-2-5-12(16)6-3-10/h2-7,9,18H,8H2,1H3. The predicted octanol–water partition coefficient (Wildman–Crippen LogP) is 3.28. The van der Waals surface area contributed by atoms with Gasteiger partial charge in [-0.15, -0.1) is 0 Å². The summed E-state index contributed by atoms with van der Waals surface area (Å²) in [5.41, 5.74) is 0.398. The zero-order chi connectivity index (χ0) is 13.2. The molecule has 0 saturated carbocycles. The summed E-state index contributed by atoms with van der Waals surface area (Å²) in [7, 11) is 0. The minimum absolute atomic E-state index is 0.399. The number of aromatic nitrogens is 1. The number of pyridine rings is 1. The third kappa shape index (κ3) is 3.26. The van der Waals surface area contributed by atoms with Gasteiger partial charge < -0.3 is 5.11 Å². The minimum atomic E-state index is -1.10. The van der Waals surface area contributed by atoms with Crippen molar-refractivity contribution in [1.82, 2.24) is 4.98 Å². The molecule has 0 spiro atoms. The van der Waals surface area contributed by atoms with Crippen LogP contribution in [0.25, 0.3) is 0 Å². The van der Waals surface area contributed by atoms with E-state index in [1.165, 1.54) is 12.1 Å². The molecule has 0 bridgehead atoms. The molecule has 1 N–H and O–H groups in total. The Hall–Kier alpha value is -1.01. The molecule has 2 aromatic rings. The molecule has 0 aliphatic carbocycles. The first-order valence-corrected chi connectivity index (χ1v) is 6.64. The van der Waals surface area contributed by atoms with Crippen LogP contribution in [0.15, 0.2) is 42.6 Å². The van der Waals surface area contributed by atoms with Crippen molar-refractivity contribution in [3.63, 3.8) is 0 Å². The van der Waals surface area contributed by atoms with Crippen LogP contribution in [0.2, 0.25) is 0 Å². The molecule has 18 heavy (non-hydrogen) atoms. The Morgan fingerprint density at radius 1 is 1.22 bits per heavy atom. The van der Waals surface area contributed by atoms with Crippen LogP contribution in [-0.4, -0.2) is 10.1 Å². The molecular weight excluding hydrogens is 344 g/mol. The number of rotatable bonds is 3. The molecule has 1 atom stereocenters. The van der Waals surface area contributed by atoms with E-state index in [0.29, 0.717) is 12.1 Å². The number of halogens is 2. The molecule has 4 heteroatoms. The van der Waals surface area contributed by atoms with Gasteiger partial charge in [0.25, 0.3) is 0 Å². The van der Waals surface area contributed by atoms with Crippen LogP contribution in [0, 0.1) is 9.39 Å². The molecule has 94 valence electrons. The van der Waals surface area contributed by atoms with Crippen molar-refractivity contribution in [1.29, 1.82) is 0 Å². The average molecular weight is 357 g/mol. The largest absolute Gasteiger partial charge is 0.383 e. The highest BCUT2D eigenvalue weighted by molar-refractivity contribution is 14.1. The van der Waals surface area contributed by atoms with Gasteiger partial charge in [-0.25, -0.2) is 4.39 Å². The van der Waals surface area contributed by atoms with Crippen molar-refractivity contribution >= 4 is 22.6 Å². The maximum absolute atomic E-state index is 12.8. The highest BCUT2D eigenvalue weighted by atomic mass is 127. The Labute approximate surface area is 119 Å². The van der Waals surface area contributed by atoms with Gasteiger partial charge in [0, 0.05) is 9.99 Å². The van der Waals surface area contributed by atoms with Crippen molar-refractivity contribution in [3.05, 3.63) is 63.2 Å². The van der Waals surface area contributed by atoms with Gasteiger partial charge in [0.05, 0.1) is 11.9 Å². The molecule has 0 aliphatic rings. The second kappa shape index (κ2) is 5.32. The minimum Gasteiger partial charge on any atom is -0.383 e. The summed E-state index contributed by atoms with van der Waals surface area (Å²) in [5.74, 6) is -0.399. The van der Waals surface area contributed by atoms with E-state index in [1.54, 1.807) is 6.92 Å². The highest BCUT2D eigenvalue weighted by Gasteiger charge is 2.25. The lowest BCUT2D eigenvalue weighted by Gasteiger charge is -2.22. The smallest absolute Gasteiger partial charge is 0.141 e. The van der Waals surface area contributed by atoms with Gasteiger partial charge in [0.1, 0.15) is 11.4 Å². The number of aliphatic hydroxyl groups is 1. The van der Waals surface area contributed by atoms with Gasteiger partial charge in [-0.2, -0.15) is 0 Å². The Bertz CT molecular complexity index is 522. The van der Waals surface area contributed by atoms with E-state index in [9.17, 15) is 9.50 Å². The van der Waals surface area contributed by atoms with E-state index in [4.69, 9.17) is 0 Å². The molecule has 2 nitrogen and oxygen atoms in total. The second-order valence-electron chi connectivity index (χ2n) is 4.44. The fraction of sp³-hybridized carbons (Fsp3) is 0.214. The van der Waals surface area contributed by atoms with Crippen molar-refractivity contribution in [2.75, 3.05) is 0 Å². The van der Waals surface area contributed by atoms with Crippen molar-refractivity contribution in [3.8, 4) is 0 Å². The summed E-state index contributed by atoms with van der Waals surface area (Å²) < 4.78 is 14.0. The molecule has 0 radical (unpaired) electrons. The Morgan fingerprint density at radius 3 is 2.44 bits per heavy atom. The van der Waals surface area contributed by atoms with Crippen LogP contribution in [0.5, 0.6) is 0 Å². The average Bonchev–Trinajstić information content (AvgIpc) is 2.32. The van der Waals surface area contributed by atoms with Crippen LogP contribution in [0.3, 0.4) is 0 Å². The van der Waals surface area contributed by atoms with E-state index in [0.717, 1.165) is 15.3 Å². The quantitative estimate of drug-likeness (QED) is 0.856. The summed E-state index contributed by atoms with van der Waals surface area (Å²) >= 11 is 2.23. The predicted molar refractivity (Wildman–Crippen MR) is 76.6 cm³/mol. The monoisotopic (exact) mass is 357 g/mol. The maximum Gasteiger partial charge on any atom is 0.141 e. The third-order valence-corrected chi connectivity index (χ3v) is 3.46. The molecule has 1 aromatic heterocycles. The van der Waals surface area contributed by atoms with Crippen LogP contribution >= 0.6 is 22.6 Å². The van der Waals surface area contributed by atoms with Gasteiger partial charge >= 0.3 is 0 Å². The lowest BCUT2D eigenvalue weighted by atomic mass is 9.93. The Kier molecular flexibility index (Phi) is 3.97. The fourth-order valence-electron chi connectivity index (χ4n) is 1.78. The lowest BCUT2D eigenvalue weighted by Crippen LogP contribution is -2.25. The van der Waals surface area contributed by atoms with Crippen molar-refractivity contribution < 1.29 is 9.50 Å². The summed E-state index contributed by atoms with van der Waals surface area (Å²) in [6.45, 7) is 1.69. The normalized spacial score (nSPS) is 14.2. The van der Waals surface area contributed by atoms with Gasteiger partial charge in [0.2, 0.25) is 0 Å². The number of hydrogen-bond acceptors (Lipinski definition) is 2. The molecule has 0 aliphatic heterocycles.